The molecule has 26 heavy (non-hydrogen) atoms. The van der Waals surface area contributed by atoms with Gasteiger partial charge in [0.05, 0.1) is 11.4 Å². The lowest BCUT2D eigenvalue weighted by molar-refractivity contribution is -0.126. The van der Waals surface area contributed by atoms with Gasteiger partial charge in [-0.05, 0) is 31.4 Å². The minimum atomic E-state index is -0.316. The summed E-state index contributed by atoms with van der Waals surface area (Å²) in [4.78, 5) is 25.0. The summed E-state index contributed by atoms with van der Waals surface area (Å²) in [6.45, 7) is 3.25. The molecule has 3 rings (SSSR count). The molecule has 1 aliphatic rings. The quantitative estimate of drug-likeness (QED) is 0.609. The predicted molar refractivity (Wildman–Crippen MR) is 100 cm³/mol. The van der Waals surface area contributed by atoms with Crippen LogP contribution in [0.4, 0.5) is 5.95 Å². The maximum absolute atomic E-state index is 11.9. The van der Waals surface area contributed by atoms with E-state index < -0.39 is 0 Å². The van der Waals surface area contributed by atoms with Crippen LogP contribution in [-0.2, 0) is 9.59 Å². The van der Waals surface area contributed by atoms with E-state index in [1.165, 1.54) is 25.1 Å². The van der Waals surface area contributed by atoms with Gasteiger partial charge in [0.1, 0.15) is 0 Å². The van der Waals surface area contributed by atoms with Crippen molar-refractivity contribution in [1.29, 1.82) is 0 Å². The molecule has 1 fully saturated rings. The molecule has 0 unspecified atom stereocenters. The van der Waals surface area contributed by atoms with Gasteiger partial charge in [-0.2, -0.15) is 0 Å². The number of thioether (sulfide) groups is 1. The number of carbonyl (C=O) groups is 2. The number of hydrogen-bond donors (Lipinski definition) is 2. The van der Waals surface area contributed by atoms with Gasteiger partial charge in [-0.1, -0.05) is 30.0 Å². The van der Waals surface area contributed by atoms with Crippen LogP contribution in [0.1, 0.15) is 26.2 Å². The minimum absolute atomic E-state index is 0.130. The van der Waals surface area contributed by atoms with Gasteiger partial charge in [0, 0.05) is 20.0 Å². The average Bonchev–Trinajstić information content (AvgIpc) is 3.10. The predicted octanol–water partition coefficient (Wildman–Crippen LogP) is 1.52. The number of para-hydroxylation sites is 1. The van der Waals surface area contributed by atoms with E-state index in [1.54, 1.807) is 0 Å². The molecule has 138 valence electrons. The number of rotatable bonds is 5. The third-order valence-electron chi connectivity index (χ3n) is 3.98. The maximum Gasteiger partial charge on any atom is 0.248 e. The number of hydrogen-bond acceptors (Lipinski definition) is 6. The number of hydrazine groups is 1. The second-order valence-electron chi connectivity index (χ2n) is 6.02. The van der Waals surface area contributed by atoms with Gasteiger partial charge < -0.3 is 4.90 Å². The van der Waals surface area contributed by atoms with Crippen molar-refractivity contribution in [1.82, 2.24) is 25.6 Å². The van der Waals surface area contributed by atoms with Crippen molar-refractivity contribution < 1.29 is 9.59 Å². The Balaban J connectivity index is 1.80. The van der Waals surface area contributed by atoms with E-state index in [9.17, 15) is 9.59 Å². The third kappa shape index (κ3) is 4.54. The molecule has 2 aromatic rings. The molecule has 1 saturated heterocycles. The van der Waals surface area contributed by atoms with Crippen LogP contribution in [0.2, 0.25) is 0 Å². The molecule has 8 nitrogen and oxygen atoms in total. The number of piperidine rings is 1. The lowest BCUT2D eigenvalue weighted by Gasteiger charge is -2.27. The summed E-state index contributed by atoms with van der Waals surface area (Å²) < 4.78 is 1.99. The first-order valence-electron chi connectivity index (χ1n) is 8.59. The van der Waals surface area contributed by atoms with E-state index in [0.717, 1.165) is 37.6 Å². The van der Waals surface area contributed by atoms with Gasteiger partial charge >= 0.3 is 0 Å². The van der Waals surface area contributed by atoms with Crippen LogP contribution in [0.3, 0.4) is 0 Å². The Labute approximate surface area is 156 Å². The fourth-order valence-corrected chi connectivity index (χ4v) is 3.53. The number of anilines is 1. The SMILES string of the molecule is CC(=O)NNC(=O)CSc1nnc(N2CCCCC2)n1-c1ccccc1. The molecule has 0 bridgehead atoms. The van der Waals surface area contributed by atoms with Crippen molar-refractivity contribution in [3.63, 3.8) is 0 Å². The summed E-state index contributed by atoms with van der Waals surface area (Å²) >= 11 is 1.29. The van der Waals surface area contributed by atoms with E-state index >= 15 is 0 Å². The number of benzene rings is 1. The van der Waals surface area contributed by atoms with Crippen molar-refractivity contribution in [2.24, 2.45) is 0 Å². The zero-order valence-electron chi connectivity index (χ0n) is 14.6. The topological polar surface area (TPSA) is 92.2 Å². The first kappa shape index (κ1) is 18.2. The number of nitrogens with one attached hydrogen (secondary N) is 2. The van der Waals surface area contributed by atoms with Gasteiger partial charge in [0.2, 0.25) is 17.8 Å². The Morgan fingerprint density at radius 1 is 1.08 bits per heavy atom. The number of carbonyl (C=O) groups excluding carboxylic acids is 2. The highest BCUT2D eigenvalue weighted by Crippen LogP contribution is 2.28. The first-order chi connectivity index (χ1) is 12.6. The molecule has 0 spiro atoms. The second kappa shape index (κ2) is 8.70. The Kier molecular flexibility index (Phi) is 6.11. The molecule has 1 aliphatic heterocycles. The Morgan fingerprint density at radius 3 is 2.50 bits per heavy atom. The first-order valence-corrected chi connectivity index (χ1v) is 9.57. The lowest BCUT2D eigenvalue weighted by atomic mass is 10.1. The molecule has 0 radical (unpaired) electrons. The Morgan fingerprint density at radius 2 is 1.81 bits per heavy atom. The average molecular weight is 374 g/mol. The molecular formula is C17H22N6O2S. The van der Waals surface area contributed by atoms with E-state index in [0.29, 0.717) is 5.16 Å². The van der Waals surface area contributed by atoms with E-state index in [1.807, 2.05) is 34.9 Å². The standard InChI is InChI=1S/C17H22N6O2S/c1-13(24)18-19-15(25)12-26-17-21-20-16(22-10-6-3-7-11-22)23(17)14-8-4-2-5-9-14/h2,4-5,8-9H,3,6-7,10-12H2,1H3,(H,18,24)(H,19,25). The summed E-state index contributed by atoms with van der Waals surface area (Å²) in [6, 6.07) is 9.89. The summed E-state index contributed by atoms with van der Waals surface area (Å²) in [5, 5.41) is 9.33. The third-order valence-corrected chi connectivity index (χ3v) is 4.91. The van der Waals surface area contributed by atoms with Gasteiger partial charge in [-0.3, -0.25) is 25.0 Å². The van der Waals surface area contributed by atoms with Crippen molar-refractivity contribution >= 4 is 29.5 Å². The minimum Gasteiger partial charge on any atom is -0.341 e. The van der Waals surface area contributed by atoms with Gasteiger partial charge in [0.15, 0.2) is 5.16 Å². The molecule has 9 heteroatoms. The van der Waals surface area contributed by atoms with Gasteiger partial charge in [-0.25, -0.2) is 0 Å². The van der Waals surface area contributed by atoms with Crippen LogP contribution in [0, 0.1) is 0 Å². The van der Waals surface area contributed by atoms with Gasteiger partial charge in [-0.15, -0.1) is 10.2 Å². The Hall–Kier alpha value is -2.55. The van der Waals surface area contributed by atoms with Crippen LogP contribution in [0.15, 0.2) is 35.5 Å². The molecule has 0 aliphatic carbocycles. The number of nitrogens with zero attached hydrogens (tertiary/aromatic N) is 4. The van der Waals surface area contributed by atoms with Crippen molar-refractivity contribution in [3.8, 4) is 5.69 Å². The van der Waals surface area contributed by atoms with E-state index in [4.69, 9.17) is 0 Å². The zero-order valence-corrected chi connectivity index (χ0v) is 15.5. The maximum atomic E-state index is 11.9. The molecule has 2 N–H and O–H groups in total. The number of aromatic nitrogens is 3. The van der Waals surface area contributed by atoms with Crippen LogP contribution in [-0.4, -0.2) is 45.4 Å². The summed E-state index contributed by atoms with van der Waals surface area (Å²) in [5.41, 5.74) is 5.60. The second-order valence-corrected chi connectivity index (χ2v) is 6.96. The molecule has 2 amide bonds. The molecule has 0 atom stereocenters. The summed E-state index contributed by atoms with van der Waals surface area (Å²) in [6.07, 6.45) is 3.52. The van der Waals surface area contributed by atoms with Crippen molar-refractivity contribution in [3.05, 3.63) is 30.3 Å². The highest BCUT2D eigenvalue weighted by molar-refractivity contribution is 7.99. The largest absolute Gasteiger partial charge is 0.341 e. The molecule has 0 saturated carbocycles. The van der Waals surface area contributed by atoms with Crippen LogP contribution < -0.4 is 15.8 Å². The van der Waals surface area contributed by atoms with Gasteiger partial charge in [0.25, 0.3) is 0 Å². The monoisotopic (exact) mass is 374 g/mol. The fraction of sp³-hybridized carbons (Fsp3) is 0.412. The van der Waals surface area contributed by atoms with Crippen molar-refractivity contribution in [2.45, 2.75) is 31.3 Å². The van der Waals surface area contributed by atoms with E-state index in [2.05, 4.69) is 25.9 Å². The highest BCUT2D eigenvalue weighted by atomic mass is 32.2. The zero-order chi connectivity index (χ0) is 18.4. The summed E-state index contributed by atoms with van der Waals surface area (Å²) in [5.74, 6) is 0.321. The fourth-order valence-electron chi connectivity index (χ4n) is 2.78. The van der Waals surface area contributed by atoms with Crippen LogP contribution in [0.5, 0.6) is 0 Å². The normalized spacial score (nSPS) is 14.1. The highest BCUT2D eigenvalue weighted by Gasteiger charge is 2.21. The summed E-state index contributed by atoms with van der Waals surface area (Å²) in [7, 11) is 0. The van der Waals surface area contributed by atoms with Crippen molar-refractivity contribution in [2.75, 3.05) is 23.7 Å². The number of amides is 2. The molecule has 1 aromatic carbocycles. The molecular weight excluding hydrogens is 352 g/mol. The lowest BCUT2D eigenvalue weighted by Crippen LogP contribution is -2.41. The van der Waals surface area contributed by atoms with E-state index in [-0.39, 0.29) is 17.6 Å². The van der Waals surface area contributed by atoms with Crippen LogP contribution >= 0.6 is 11.8 Å². The van der Waals surface area contributed by atoms with Crippen LogP contribution in [0.25, 0.3) is 5.69 Å². The Bertz CT molecular complexity index is 758. The smallest absolute Gasteiger partial charge is 0.248 e. The molecule has 2 heterocycles. The molecule has 1 aromatic heterocycles.